The molecule has 6 nitrogen and oxygen atoms in total. The Labute approximate surface area is 205 Å². The summed E-state index contributed by atoms with van der Waals surface area (Å²) in [6.45, 7) is 8.34. The summed E-state index contributed by atoms with van der Waals surface area (Å²) in [5.74, 6) is -0.360. The van der Waals surface area contributed by atoms with E-state index in [1.54, 1.807) is 6.07 Å². The molecule has 2 N–H and O–H groups in total. The minimum atomic E-state index is -0.736. The summed E-state index contributed by atoms with van der Waals surface area (Å²) in [5, 5.41) is 24.9. The fraction of sp³-hybridized carbons (Fsp3) is 0.704. The van der Waals surface area contributed by atoms with Crippen LogP contribution in [0.2, 0.25) is 0 Å². The highest BCUT2D eigenvalue weighted by atomic mass is 32.1. The molecule has 1 heterocycles. The molecule has 186 valence electrons. The summed E-state index contributed by atoms with van der Waals surface area (Å²) in [5.41, 5.74) is -0.514. The Morgan fingerprint density at radius 3 is 2.65 bits per heavy atom. The third-order valence-corrected chi connectivity index (χ3v) is 10.8. The van der Waals surface area contributed by atoms with E-state index in [0.29, 0.717) is 11.3 Å². The van der Waals surface area contributed by atoms with E-state index < -0.39 is 17.6 Å². The van der Waals surface area contributed by atoms with Gasteiger partial charge in [-0.3, -0.25) is 4.79 Å². The Morgan fingerprint density at radius 1 is 1.15 bits per heavy atom. The molecule has 7 heteroatoms. The Morgan fingerprint density at radius 2 is 1.94 bits per heavy atom. The maximum absolute atomic E-state index is 12.6. The van der Waals surface area contributed by atoms with Crippen LogP contribution in [0.15, 0.2) is 29.7 Å². The predicted octanol–water partition coefficient (Wildman–Crippen LogP) is 4.36. The molecule has 2 bridgehead atoms. The van der Waals surface area contributed by atoms with Gasteiger partial charge in [0.1, 0.15) is 4.88 Å². The number of carbonyl (C=O) groups is 2. The van der Waals surface area contributed by atoms with Gasteiger partial charge in [-0.1, -0.05) is 26.0 Å². The Hall–Kier alpha value is -1.70. The smallest absolute Gasteiger partial charge is 0.348 e. The first kappa shape index (κ1) is 24.0. The van der Waals surface area contributed by atoms with Crippen LogP contribution in [0, 0.1) is 34.0 Å². The van der Waals surface area contributed by atoms with Crippen LogP contribution in [0.5, 0.6) is 0 Å². The number of thiophene rings is 1. The number of hydrogen-bond acceptors (Lipinski definition) is 7. The van der Waals surface area contributed by atoms with Crippen LogP contribution in [0.4, 0.5) is 0 Å². The number of carbonyl (C=O) groups excluding carboxylic acids is 2. The lowest BCUT2D eigenvalue weighted by atomic mass is 9.35. The molecule has 1 aromatic rings. The van der Waals surface area contributed by atoms with Gasteiger partial charge in [-0.15, -0.1) is 11.3 Å². The molecule has 0 saturated heterocycles. The molecule has 5 aliphatic carbocycles. The number of fused-ring (bicyclic) bond motifs is 3. The molecular weight excluding hydrogens is 452 g/mol. The van der Waals surface area contributed by atoms with Crippen molar-refractivity contribution in [3.8, 4) is 0 Å². The van der Waals surface area contributed by atoms with Gasteiger partial charge in [0, 0.05) is 23.2 Å². The quantitative estimate of drug-likeness (QED) is 0.473. The molecule has 5 saturated carbocycles. The van der Waals surface area contributed by atoms with Crippen LogP contribution in [-0.2, 0) is 14.3 Å². The fourth-order valence-electron chi connectivity index (χ4n) is 8.42. The molecule has 0 aromatic carbocycles. The first-order valence-electron chi connectivity index (χ1n) is 12.5. The van der Waals surface area contributed by atoms with Crippen molar-refractivity contribution in [2.75, 3.05) is 13.2 Å². The summed E-state index contributed by atoms with van der Waals surface area (Å²) in [6.07, 6.45) is 4.33. The number of ether oxygens (including phenoxy) is 2. The lowest BCUT2D eigenvalue weighted by Crippen LogP contribution is -2.71. The Balaban J connectivity index is 1.51. The van der Waals surface area contributed by atoms with Crippen molar-refractivity contribution < 1.29 is 29.3 Å². The molecule has 5 aliphatic rings. The molecule has 0 amide bonds. The SMILES string of the molecule is C=C1C(O)C23CC[C@H]1CC2C1(COC(C)=O)CCC[C@@](C)(COC(=O)c2cccs2)C1C[C@H]3O. The van der Waals surface area contributed by atoms with Crippen molar-refractivity contribution in [1.29, 1.82) is 0 Å². The van der Waals surface area contributed by atoms with E-state index >= 15 is 0 Å². The van der Waals surface area contributed by atoms with Gasteiger partial charge in [0.05, 0.1) is 25.4 Å². The van der Waals surface area contributed by atoms with E-state index in [-0.39, 0.29) is 53.7 Å². The van der Waals surface area contributed by atoms with E-state index in [9.17, 15) is 19.8 Å². The van der Waals surface area contributed by atoms with Crippen LogP contribution in [0.3, 0.4) is 0 Å². The normalized spacial score (nSPS) is 43.1. The second-order valence-corrected chi connectivity index (χ2v) is 12.4. The largest absolute Gasteiger partial charge is 0.465 e. The lowest BCUT2D eigenvalue weighted by Gasteiger charge is -2.70. The highest BCUT2D eigenvalue weighted by Crippen LogP contribution is 2.72. The van der Waals surface area contributed by atoms with Gasteiger partial charge in [0.15, 0.2) is 0 Å². The van der Waals surface area contributed by atoms with E-state index in [4.69, 9.17) is 9.47 Å². The first-order valence-corrected chi connectivity index (χ1v) is 13.4. The maximum Gasteiger partial charge on any atom is 0.348 e. The van der Waals surface area contributed by atoms with Gasteiger partial charge in [0.2, 0.25) is 0 Å². The van der Waals surface area contributed by atoms with Gasteiger partial charge >= 0.3 is 11.9 Å². The summed E-state index contributed by atoms with van der Waals surface area (Å²) < 4.78 is 11.6. The fourth-order valence-corrected chi connectivity index (χ4v) is 9.04. The Bertz CT molecular complexity index is 974. The minimum Gasteiger partial charge on any atom is -0.465 e. The van der Waals surface area contributed by atoms with Gasteiger partial charge in [-0.25, -0.2) is 4.79 Å². The highest BCUT2D eigenvalue weighted by Gasteiger charge is 2.71. The number of hydrogen-bond donors (Lipinski definition) is 2. The number of aliphatic hydroxyl groups is 2. The summed E-state index contributed by atoms with van der Waals surface area (Å²) in [4.78, 5) is 25.2. The molecule has 6 rings (SSSR count). The third-order valence-electron chi connectivity index (χ3n) is 9.98. The van der Waals surface area contributed by atoms with Crippen molar-refractivity contribution in [3.63, 3.8) is 0 Å². The predicted molar refractivity (Wildman–Crippen MR) is 128 cm³/mol. The molecular formula is C27H36O6S. The average Bonchev–Trinajstić information content (AvgIpc) is 3.36. The maximum atomic E-state index is 12.6. The average molecular weight is 489 g/mol. The van der Waals surface area contributed by atoms with Crippen molar-refractivity contribution in [2.24, 2.45) is 34.0 Å². The molecule has 5 unspecified atom stereocenters. The van der Waals surface area contributed by atoms with Gasteiger partial charge in [-0.2, -0.15) is 0 Å². The van der Waals surface area contributed by atoms with Crippen LogP contribution in [0.25, 0.3) is 0 Å². The second kappa shape index (κ2) is 8.45. The first-order chi connectivity index (χ1) is 16.1. The molecule has 34 heavy (non-hydrogen) atoms. The minimum absolute atomic E-state index is 0.00896. The van der Waals surface area contributed by atoms with E-state index in [1.165, 1.54) is 18.3 Å². The standard InChI is InChI=1S/C27H36O6S/c1-16-18-7-10-27(23(16)30)21(12-18)26(15-32-17(2)28)9-5-8-25(3,20(26)13-22(27)29)14-33-24(31)19-6-4-11-34-19/h4,6,11,18,20-23,29-30H,1,5,7-10,12-15H2,2-3H3/t18-,20?,21?,22+,23?,25-,26?,27?/m0/s1. The van der Waals surface area contributed by atoms with Gasteiger partial charge in [-0.05, 0) is 73.3 Å². The zero-order valence-electron chi connectivity index (χ0n) is 20.1. The molecule has 1 spiro atoms. The van der Waals surface area contributed by atoms with Gasteiger partial charge < -0.3 is 19.7 Å². The Kier molecular flexibility index (Phi) is 5.97. The van der Waals surface area contributed by atoms with Gasteiger partial charge in [0.25, 0.3) is 0 Å². The zero-order chi connectivity index (χ0) is 24.3. The molecule has 0 aliphatic heterocycles. The monoisotopic (exact) mass is 488 g/mol. The summed E-state index contributed by atoms with van der Waals surface area (Å²) in [7, 11) is 0. The van der Waals surface area contributed by atoms with Crippen molar-refractivity contribution in [2.45, 2.75) is 71.0 Å². The molecule has 1 aromatic heterocycles. The zero-order valence-corrected chi connectivity index (χ0v) is 20.9. The summed E-state index contributed by atoms with van der Waals surface area (Å²) >= 11 is 1.36. The molecule has 0 radical (unpaired) electrons. The number of aliphatic hydroxyl groups excluding tert-OH is 2. The third kappa shape index (κ3) is 3.41. The highest BCUT2D eigenvalue weighted by molar-refractivity contribution is 7.11. The van der Waals surface area contributed by atoms with Crippen molar-refractivity contribution in [1.82, 2.24) is 0 Å². The molecule has 8 atom stereocenters. The molecule has 5 fully saturated rings. The van der Waals surface area contributed by atoms with Crippen molar-refractivity contribution >= 4 is 23.3 Å². The van der Waals surface area contributed by atoms with Crippen LogP contribution in [-0.4, -0.2) is 47.6 Å². The van der Waals surface area contributed by atoms with E-state index in [1.807, 2.05) is 11.4 Å². The number of esters is 2. The topological polar surface area (TPSA) is 93.1 Å². The van der Waals surface area contributed by atoms with E-state index in [2.05, 4.69) is 13.5 Å². The van der Waals surface area contributed by atoms with E-state index in [0.717, 1.165) is 44.1 Å². The van der Waals surface area contributed by atoms with Crippen LogP contribution >= 0.6 is 11.3 Å². The van der Waals surface area contributed by atoms with Crippen LogP contribution in [0.1, 0.15) is 68.5 Å². The van der Waals surface area contributed by atoms with Crippen molar-refractivity contribution in [3.05, 3.63) is 34.5 Å². The van der Waals surface area contributed by atoms with Crippen LogP contribution < -0.4 is 0 Å². The second-order valence-electron chi connectivity index (χ2n) is 11.5. The number of rotatable bonds is 5. The summed E-state index contributed by atoms with van der Waals surface area (Å²) in [6, 6.07) is 3.60. The lowest BCUT2D eigenvalue weighted by molar-refractivity contribution is -0.268.